The molecule has 2 heterocycles. The molecule has 15 heavy (non-hydrogen) atoms. The van der Waals surface area contributed by atoms with Crippen LogP contribution in [0, 0.1) is 0 Å². The summed E-state index contributed by atoms with van der Waals surface area (Å²) < 4.78 is 2.06. The molecule has 4 heteroatoms. The van der Waals surface area contributed by atoms with Gasteiger partial charge in [-0.1, -0.05) is 0 Å². The molecule has 2 aromatic heterocycles. The molecule has 0 radical (unpaired) electrons. The first-order valence-electron chi connectivity index (χ1n) is 5.17. The Hall–Kier alpha value is -1.55. The standard InChI is InChI=1S/C11H16N4/c1-13-6-2-3-11-14-7-10-5-4-9(12)8-15(10)11/h4-5,7-8,13H,2-3,6,12H2,1H3. The predicted molar refractivity (Wildman–Crippen MR) is 61.9 cm³/mol. The normalized spacial score (nSPS) is 11.0. The van der Waals surface area contributed by atoms with Crippen molar-refractivity contribution in [2.24, 2.45) is 0 Å². The van der Waals surface area contributed by atoms with Crippen molar-refractivity contribution in [3.63, 3.8) is 0 Å². The second-order valence-electron chi connectivity index (χ2n) is 3.64. The minimum atomic E-state index is 0.773. The Labute approximate surface area is 89.1 Å². The van der Waals surface area contributed by atoms with Crippen molar-refractivity contribution in [3.8, 4) is 0 Å². The molecule has 0 bridgehead atoms. The van der Waals surface area contributed by atoms with Crippen molar-refractivity contribution in [1.29, 1.82) is 0 Å². The van der Waals surface area contributed by atoms with E-state index >= 15 is 0 Å². The number of nitrogens with zero attached hydrogens (tertiary/aromatic N) is 2. The zero-order valence-electron chi connectivity index (χ0n) is 8.90. The third kappa shape index (κ3) is 2.10. The molecule has 0 aliphatic rings. The number of nitrogen functional groups attached to an aromatic ring is 1. The number of nitrogens with two attached hydrogens (primary N) is 1. The van der Waals surface area contributed by atoms with E-state index in [1.807, 2.05) is 31.6 Å². The smallest absolute Gasteiger partial charge is 0.113 e. The van der Waals surface area contributed by atoms with Crippen molar-refractivity contribution < 1.29 is 0 Å². The Bertz CT molecular complexity index is 447. The van der Waals surface area contributed by atoms with Crippen LogP contribution in [0.5, 0.6) is 0 Å². The molecule has 0 spiro atoms. The average molecular weight is 204 g/mol. The Kier molecular flexibility index (Phi) is 2.87. The molecule has 0 atom stereocenters. The third-order valence-corrected chi connectivity index (χ3v) is 2.45. The summed E-state index contributed by atoms with van der Waals surface area (Å²) in [7, 11) is 1.96. The molecule has 3 N–H and O–H groups in total. The summed E-state index contributed by atoms with van der Waals surface area (Å²) in [6.07, 6.45) is 5.87. The van der Waals surface area contributed by atoms with Crippen LogP contribution >= 0.6 is 0 Å². The highest BCUT2D eigenvalue weighted by atomic mass is 15.0. The lowest BCUT2D eigenvalue weighted by atomic mass is 10.3. The van der Waals surface area contributed by atoms with E-state index in [9.17, 15) is 0 Å². The largest absolute Gasteiger partial charge is 0.398 e. The van der Waals surface area contributed by atoms with Crippen LogP contribution < -0.4 is 11.1 Å². The monoisotopic (exact) mass is 204 g/mol. The van der Waals surface area contributed by atoms with Crippen LogP contribution in [-0.2, 0) is 6.42 Å². The minimum absolute atomic E-state index is 0.773. The lowest BCUT2D eigenvalue weighted by molar-refractivity contribution is 0.701. The van der Waals surface area contributed by atoms with Crippen molar-refractivity contribution in [2.45, 2.75) is 12.8 Å². The van der Waals surface area contributed by atoms with E-state index in [4.69, 9.17) is 5.73 Å². The fourth-order valence-corrected chi connectivity index (χ4v) is 1.67. The topological polar surface area (TPSA) is 55.3 Å². The molecule has 80 valence electrons. The maximum absolute atomic E-state index is 5.75. The minimum Gasteiger partial charge on any atom is -0.398 e. The fourth-order valence-electron chi connectivity index (χ4n) is 1.67. The quantitative estimate of drug-likeness (QED) is 0.732. The summed E-state index contributed by atoms with van der Waals surface area (Å²) in [5, 5.41) is 3.13. The van der Waals surface area contributed by atoms with Gasteiger partial charge in [0, 0.05) is 18.3 Å². The zero-order valence-corrected chi connectivity index (χ0v) is 8.90. The van der Waals surface area contributed by atoms with Gasteiger partial charge in [0.2, 0.25) is 0 Å². The number of hydrogen-bond donors (Lipinski definition) is 2. The summed E-state index contributed by atoms with van der Waals surface area (Å²) in [4.78, 5) is 4.39. The SMILES string of the molecule is CNCCCc1ncc2ccc(N)cn12. The van der Waals surface area contributed by atoms with E-state index < -0.39 is 0 Å². The van der Waals surface area contributed by atoms with Gasteiger partial charge in [-0.15, -0.1) is 0 Å². The molecule has 0 unspecified atom stereocenters. The number of pyridine rings is 1. The summed E-state index contributed by atoms with van der Waals surface area (Å²) in [5.41, 5.74) is 7.62. The summed E-state index contributed by atoms with van der Waals surface area (Å²) in [6.45, 7) is 1.01. The molecule has 4 nitrogen and oxygen atoms in total. The molecule has 0 saturated carbocycles. The van der Waals surface area contributed by atoms with Gasteiger partial charge in [0.15, 0.2) is 0 Å². The summed E-state index contributed by atoms with van der Waals surface area (Å²) >= 11 is 0. The van der Waals surface area contributed by atoms with Crippen molar-refractivity contribution in [2.75, 3.05) is 19.3 Å². The van der Waals surface area contributed by atoms with Crippen molar-refractivity contribution in [1.82, 2.24) is 14.7 Å². The highest BCUT2D eigenvalue weighted by Crippen LogP contribution is 2.11. The maximum atomic E-state index is 5.75. The molecule has 0 amide bonds. The second kappa shape index (κ2) is 4.31. The molecule has 0 aliphatic carbocycles. The number of imidazole rings is 1. The number of aromatic nitrogens is 2. The van der Waals surface area contributed by atoms with Gasteiger partial charge in [-0.2, -0.15) is 0 Å². The van der Waals surface area contributed by atoms with Gasteiger partial charge in [0.1, 0.15) is 5.82 Å². The average Bonchev–Trinajstić information content (AvgIpc) is 2.62. The van der Waals surface area contributed by atoms with Gasteiger partial charge in [-0.25, -0.2) is 4.98 Å². The molecule has 0 fully saturated rings. The molecular formula is C11H16N4. The van der Waals surface area contributed by atoms with Gasteiger partial charge in [0.05, 0.1) is 11.7 Å². The molecule has 0 aromatic carbocycles. The lowest BCUT2D eigenvalue weighted by Crippen LogP contribution is -2.09. The Balaban J connectivity index is 2.23. The summed E-state index contributed by atoms with van der Waals surface area (Å²) in [5.74, 6) is 1.08. The number of nitrogens with one attached hydrogen (secondary N) is 1. The van der Waals surface area contributed by atoms with Crippen LogP contribution in [0.2, 0.25) is 0 Å². The van der Waals surface area contributed by atoms with E-state index in [2.05, 4.69) is 14.7 Å². The zero-order chi connectivity index (χ0) is 10.7. The van der Waals surface area contributed by atoms with Crippen molar-refractivity contribution >= 4 is 11.2 Å². The van der Waals surface area contributed by atoms with Gasteiger partial charge in [0.25, 0.3) is 0 Å². The first kappa shape index (κ1) is 9.98. The highest BCUT2D eigenvalue weighted by Gasteiger charge is 2.02. The van der Waals surface area contributed by atoms with Crippen LogP contribution in [0.3, 0.4) is 0 Å². The third-order valence-electron chi connectivity index (χ3n) is 2.45. The lowest BCUT2D eigenvalue weighted by Gasteiger charge is -2.02. The van der Waals surface area contributed by atoms with Gasteiger partial charge in [-0.05, 0) is 32.1 Å². The Morgan fingerprint density at radius 1 is 1.47 bits per heavy atom. The molecular weight excluding hydrogens is 188 g/mol. The summed E-state index contributed by atoms with van der Waals surface area (Å²) in [6, 6.07) is 3.89. The van der Waals surface area contributed by atoms with E-state index in [0.29, 0.717) is 0 Å². The first-order valence-corrected chi connectivity index (χ1v) is 5.17. The van der Waals surface area contributed by atoms with E-state index in [0.717, 1.165) is 36.4 Å². The second-order valence-corrected chi connectivity index (χ2v) is 3.64. The molecule has 0 aliphatic heterocycles. The molecule has 2 aromatic rings. The van der Waals surface area contributed by atoms with E-state index in [-0.39, 0.29) is 0 Å². The van der Waals surface area contributed by atoms with Crippen LogP contribution in [0.15, 0.2) is 24.5 Å². The van der Waals surface area contributed by atoms with E-state index in [1.54, 1.807) is 0 Å². The van der Waals surface area contributed by atoms with Crippen molar-refractivity contribution in [3.05, 3.63) is 30.4 Å². The highest BCUT2D eigenvalue weighted by molar-refractivity contribution is 5.52. The molecule has 2 rings (SSSR count). The van der Waals surface area contributed by atoms with Gasteiger partial charge < -0.3 is 15.5 Å². The maximum Gasteiger partial charge on any atom is 0.113 e. The van der Waals surface area contributed by atoms with Crippen LogP contribution in [0.1, 0.15) is 12.2 Å². The fraction of sp³-hybridized carbons (Fsp3) is 0.364. The van der Waals surface area contributed by atoms with E-state index in [1.165, 1.54) is 0 Å². The van der Waals surface area contributed by atoms with Crippen LogP contribution in [-0.4, -0.2) is 23.0 Å². The first-order chi connectivity index (χ1) is 7.31. The molecule has 0 saturated heterocycles. The Morgan fingerprint density at radius 2 is 2.33 bits per heavy atom. The Morgan fingerprint density at radius 3 is 3.13 bits per heavy atom. The number of rotatable bonds is 4. The number of fused-ring (bicyclic) bond motifs is 1. The number of anilines is 1. The predicted octanol–water partition coefficient (Wildman–Crippen LogP) is 1.07. The van der Waals surface area contributed by atoms with Gasteiger partial charge >= 0.3 is 0 Å². The van der Waals surface area contributed by atoms with Crippen LogP contribution in [0.4, 0.5) is 5.69 Å². The van der Waals surface area contributed by atoms with Crippen LogP contribution in [0.25, 0.3) is 5.52 Å². The number of hydrogen-bond acceptors (Lipinski definition) is 3. The number of aryl methyl sites for hydroxylation is 1. The van der Waals surface area contributed by atoms with Gasteiger partial charge in [-0.3, -0.25) is 0 Å².